The first-order valence-electron chi connectivity index (χ1n) is 19.9. The number of anilines is 1. The van der Waals surface area contributed by atoms with E-state index in [9.17, 15) is 4.79 Å². The number of aromatic nitrogens is 3. The second-order valence-corrected chi connectivity index (χ2v) is 20.8. The monoisotopic (exact) mass is 805 g/mol. The average molecular weight is 806 g/mol. The van der Waals surface area contributed by atoms with Gasteiger partial charge in [0, 0.05) is 43.5 Å². The predicted octanol–water partition coefficient (Wildman–Crippen LogP) is 9.51. The maximum atomic E-state index is 14.1. The number of halogens is 1. The van der Waals surface area contributed by atoms with Crippen LogP contribution in [0.5, 0.6) is 11.5 Å². The summed E-state index contributed by atoms with van der Waals surface area (Å²) in [6, 6.07) is 47.1. The van der Waals surface area contributed by atoms with Gasteiger partial charge in [-0.2, -0.15) is 0 Å². The molecule has 0 unspecified atom stereocenters. The van der Waals surface area contributed by atoms with Crippen LogP contribution < -0.4 is 20.4 Å². The highest BCUT2D eigenvalue weighted by molar-refractivity contribution is 6.99. The number of H-pyrrole nitrogens is 1. The molecule has 10 heteroatoms. The van der Waals surface area contributed by atoms with E-state index in [1.54, 1.807) is 24.4 Å². The predicted molar refractivity (Wildman–Crippen MR) is 236 cm³/mol. The third-order valence-corrected chi connectivity index (χ3v) is 16.5. The molecule has 0 aliphatic carbocycles. The lowest BCUT2D eigenvalue weighted by atomic mass is 10.0. The number of nitrogens with zero attached hydrogens (tertiary/aromatic N) is 3. The zero-order valence-corrected chi connectivity index (χ0v) is 34.8. The molecule has 2 N–H and O–H groups in total. The van der Waals surface area contributed by atoms with Gasteiger partial charge in [-0.05, 0) is 57.6 Å². The largest absolute Gasteiger partial charge is 0.457 e. The number of carbonyl (C=O) groups is 1. The number of benzene rings is 5. The van der Waals surface area contributed by atoms with Gasteiger partial charge in [0.05, 0.1) is 22.6 Å². The molecule has 0 saturated carbocycles. The average Bonchev–Trinajstić information content (AvgIpc) is 3.85. The maximum absolute atomic E-state index is 14.1. The molecule has 0 spiro atoms. The third kappa shape index (κ3) is 8.22. The van der Waals surface area contributed by atoms with Crippen LogP contribution in [-0.2, 0) is 11.0 Å². The Kier molecular flexibility index (Phi) is 11.6. The number of rotatable bonds is 14. The summed E-state index contributed by atoms with van der Waals surface area (Å²) in [4.78, 5) is 28.9. The first-order valence-corrected chi connectivity index (χ1v) is 22.1. The van der Waals surface area contributed by atoms with Crippen molar-refractivity contribution in [2.75, 3.05) is 25.0 Å². The van der Waals surface area contributed by atoms with E-state index >= 15 is 0 Å². The molecule has 2 aromatic heterocycles. The Morgan fingerprint density at radius 2 is 1.47 bits per heavy atom. The highest BCUT2D eigenvalue weighted by Gasteiger charge is 2.51. The van der Waals surface area contributed by atoms with Crippen LogP contribution in [0.3, 0.4) is 0 Å². The fraction of sp³-hybridized carbons (Fsp3) is 0.229. The molecule has 8 rings (SSSR count). The van der Waals surface area contributed by atoms with Crippen LogP contribution >= 0.6 is 11.6 Å². The summed E-state index contributed by atoms with van der Waals surface area (Å²) < 4.78 is 13.5. The Morgan fingerprint density at radius 1 is 0.828 bits per heavy atom. The van der Waals surface area contributed by atoms with Crippen LogP contribution in [0.2, 0.25) is 10.1 Å². The SMILES string of the molecule is CC(C)(C)[Si](OC[C@@H]1C[C@@H](CNc2ncnc3[nH]cc(C(=O)c4ccc(Oc5ccccc5)cc4Cl)c23)CN1Cc1ccccc1)(c1ccccc1)c1ccccc1. The lowest BCUT2D eigenvalue weighted by Crippen LogP contribution is -2.67. The van der Waals surface area contributed by atoms with Gasteiger partial charge < -0.3 is 19.5 Å². The Bertz CT molecular complexity index is 2420. The molecule has 5 aromatic carbocycles. The first kappa shape index (κ1) is 39.3. The summed E-state index contributed by atoms with van der Waals surface area (Å²) in [5.74, 6) is 1.91. The number of ketones is 1. The van der Waals surface area contributed by atoms with Crippen molar-refractivity contribution < 1.29 is 14.0 Å². The third-order valence-electron chi connectivity index (χ3n) is 11.2. The number of likely N-dealkylation sites (tertiary alicyclic amines) is 1. The molecule has 0 bridgehead atoms. The van der Waals surface area contributed by atoms with Crippen LogP contribution in [-0.4, -0.2) is 59.7 Å². The quantitative estimate of drug-likeness (QED) is 0.0836. The summed E-state index contributed by atoms with van der Waals surface area (Å²) in [5.41, 5.74) is 2.67. The van der Waals surface area contributed by atoms with Crippen molar-refractivity contribution in [1.29, 1.82) is 0 Å². The molecule has 1 saturated heterocycles. The van der Waals surface area contributed by atoms with E-state index in [0.717, 1.165) is 19.5 Å². The van der Waals surface area contributed by atoms with Crippen molar-refractivity contribution in [2.24, 2.45) is 5.92 Å². The van der Waals surface area contributed by atoms with Gasteiger partial charge in [-0.15, -0.1) is 0 Å². The second-order valence-electron chi connectivity index (χ2n) is 16.1. The molecule has 1 aliphatic rings. The van der Waals surface area contributed by atoms with E-state index in [0.29, 0.717) is 63.6 Å². The molecule has 1 fully saturated rings. The minimum absolute atomic E-state index is 0.119. The standard InChI is InChI=1S/C48H48ClN5O3Si/c1-48(2,3)58(39-20-12-6-13-21-39,40-22-14-7-15-23-40)56-32-36-26-35(31-54(36)30-34-16-8-4-9-17-34)28-50-46-44-42(29-51-47(44)53-33-52-46)45(55)41-25-24-38(27-43(41)49)57-37-18-10-5-11-19-37/h4-25,27,29,33,35-36H,26,28,30-32H2,1-3H3,(H2,50,51,52,53)/t35-,36-/m0/s1. The van der Waals surface area contributed by atoms with Gasteiger partial charge in [0.15, 0.2) is 5.78 Å². The lowest BCUT2D eigenvalue weighted by molar-refractivity contribution is 0.104. The normalized spacial score (nSPS) is 16.1. The maximum Gasteiger partial charge on any atom is 0.261 e. The molecule has 1 aliphatic heterocycles. The first-order chi connectivity index (χ1) is 28.2. The summed E-state index contributed by atoms with van der Waals surface area (Å²) in [6.07, 6.45) is 4.15. The second kappa shape index (κ2) is 17.1. The lowest BCUT2D eigenvalue weighted by Gasteiger charge is -2.44. The summed E-state index contributed by atoms with van der Waals surface area (Å²) in [7, 11) is -2.74. The minimum Gasteiger partial charge on any atom is -0.457 e. The fourth-order valence-electron chi connectivity index (χ4n) is 8.43. The number of aromatic amines is 1. The van der Waals surface area contributed by atoms with Gasteiger partial charge in [0.1, 0.15) is 29.3 Å². The molecule has 8 nitrogen and oxygen atoms in total. The molecular formula is C48H48ClN5O3Si. The van der Waals surface area contributed by atoms with E-state index in [4.69, 9.17) is 20.8 Å². The summed E-state index contributed by atoms with van der Waals surface area (Å²) in [6.45, 7) is 9.97. The number of fused-ring (bicyclic) bond motifs is 1. The molecule has 7 aromatic rings. The Labute approximate surface area is 346 Å². The van der Waals surface area contributed by atoms with E-state index < -0.39 is 8.32 Å². The van der Waals surface area contributed by atoms with E-state index in [1.807, 2.05) is 30.3 Å². The van der Waals surface area contributed by atoms with Crippen molar-refractivity contribution in [3.8, 4) is 11.5 Å². The van der Waals surface area contributed by atoms with Gasteiger partial charge in [0.25, 0.3) is 8.32 Å². The van der Waals surface area contributed by atoms with Gasteiger partial charge >= 0.3 is 0 Å². The summed E-state index contributed by atoms with van der Waals surface area (Å²) >= 11 is 6.71. The summed E-state index contributed by atoms with van der Waals surface area (Å²) in [5, 5.41) is 7.01. The van der Waals surface area contributed by atoms with Gasteiger partial charge in [-0.25, -0.2) is 9.97 Å². The van der Waals surface area contributed by atoms with Crippen molar-refractivity contribution in [2.45, 2.75) is 44.8 Å². The van der Waals surface area contributed by atoms with Gasteiger partial charge in [-0.3, -0.25) is 9.69 Å². The zero-order chi connectivity index (χ0) is 40.1. The number of carbonyl (C=O) groups excluding carboxylic acids is 1. The molecule has 0 radical (unpaired) electrons. The van der Waals surface area contributed by atoms with Crippen molar-refractivity contribution in [1.82, 2.24) is 19.9 Å². The Hall–Kier alpha value is -5.58. The van der Waals surface area contributed by atoms with Crippen LogP contribution in [0.1, 0.15) is 48.7 Å². The molecule has 294 valence electrons. The van der Waals surface area contributed by atoms with Crippen molar-refractivity contribution in [3.05, 3.63) is 174 Å². The Balaban J connectivity index is 1.03. The number of ether oxygens (including phenoxy) is 1. The van der Waals surface area contributed by atoms with Crippen molar-refractivity contribution >= 4 is 52.9 Å². The van der Waals surface area contributed by atoms with Crippen LogP contribution in [0.15, 0.2) is 152 Å². The molecule has 58 heavy (non-hydrogen) atoms. The smallest absolute Gasteiger partial charge is 0.261 e. The molecule has 2 atom stereocenters. The zero-order valence-electron chi connectivity index (χ0n) is 33.1. The number of hydrogen-bond acceptors (Lipinski definition) is 7. The topological polar surface area (TPSA) is 92.4 Å². The molecule has 0 amide bonds. The number of hydrogen-bond donors (Lipinski definition) is 2. The molecule has 3 heterocycles. The highest BCUT2D eigenvalue weighted by atomic mass is 35.5. The molecular weight excluding hydrogens is 758 g/mol. The van der Waals surface area contributed by atoms with Crippen LogP contribution in [0.4, 0.5) is 5.82 Å². The number of nitrogens with one attached hydrogen (secondary N) is 2. The van der Waals surface area contributed by atoms with Gasteiger partial charge in [-0.1, -0.05) is 142 Å². The highest BCUT2D eigenvalue weighted by Crippen LogP contribution is 2.38. The number of para-hydroxylation sites is 1. The van der Waals surface area contributed by atoms with E-state index in [2.05, 4.69) is 137 Å². The van der Waals surface area contributed by atoms with Gasteiger partial charge in [0.2, 0.25) is 0 Å². The minimum atomic E-state index is -2.74. The van der Waals surface area contributed by atoms with Crippen molar-refractivity contribution in [3.63, 3.8) is 0 Å². The van der Waals surface area contributed by atoms with Crippen LogP contribution in [0.25, 0.3) is 11.0 Å². The fourth-order valence-corrected chi connectivity index (χ4v) is 13.3. The van der Waals surface area contributed by atoms with E-state index in [-0.39, 0.29) is 16.9 Å². The van der Waals surface area contributed by atoms with E-state index in [1.165, 1.54) is 22.3 Å². The van der Waals surface area contributed by atoms with Crippen LogP contribution in [0, 0.1) is 5.92 Å². The Morgan fingerprint density at radius 3 is 2.10 bits per heavy atom.